The van der Waals surface area contributed by atoms with Crippen molar-refractivity contribution in [2.45, 2.75) is 19.3 Å². The van der Waals surface area contributed by atoms with Gasteiger partial charge in [0.1, 0.15) is 13.2 Å². The second-order valence-electron chi connectivity index (χ2n) is 5.72. The van der Waals surface area contributed by atoms with Crippen LogP contribution in [0.5, 0.6) is 11.5 Å². The first-order chi connectivity index (χ1) is 11.7. The lowest BCUT2D eigenvalue weighted by molar-refractivity contribution is -0.120. The maximum Gasteiger partial charge on any atom is 0.224 e. The predicted molar refractivity (Wildman–Crippen MR) is 93.9 cm³/mol. The SMILES string of the molecule is O=C(Cc1cc(Cl)c2c(c1)OCCO2)NCCCc1ccccc1. The van der Waals surface area contributed by atoms with Crippen molar-refractivity contribution in [1.29, 1.82) is 0 Å². The second kappa shape index (κ2) is 8.06. The Morgan fingerprint density at radius 1 is 1.08 bits per heavy atom. The van der Waals surface area contributed by atoms with E-state index in [9.17, 15) is 4.79 Å². The van der Waals surface area contributed by atoms with Gasteiger partial charge in [-0.25, -0.2) is 0 Å². The summed E-state index contributed by atoms with van der Waals surface area (Å²) in [5.74, 6) is 1.16. The third-order valence-corrected chi connectivity index (χ3v) is 4.11. The van der Waals surface area contributed by atoms with E-state index in [0.717, 1.165) is 18.4 Å². The molecule has 0 aromatic heterocycles. The number of halogens is 1. The molecule has 0 bridgehead atoms. The van der Waals surface area contributed by atoms with Crippen molar-refractivity contribution in [3.05, 3.63) is 58.6 Å². The molecule has 1 aliphatic heterocycles. The fourth-order valence-corrected chi connectivity index (χ4v) is 2.97. The van der Waals surface area contributed by atoms with Crippen molar-refractivity contribution >= 4 is 17.5 Å². The summed E-state index contributed by atoms with van der Waals surface area (Å²) in [5.41, 5.74) is 2.11. The van der Waals surface area contributed by atoms with Crippen molar-refractivity contribution in [1.82, 2.24) is 5.32 Å². The molecule has 0 unspecified atom stereocenters. The molecular formula is C19H20ClNO3. The smallest absolute Gasteiger partial charge is 0.224 e. The zero-order valence-electron chi connectivity index (χ0n) is 13.4. The van der Waals surface area contributed by atoms with Gasteiger partial charge in [-0.3, -0.25) is 4.79 Å². The van der Waals surface area contributed by atoms with Gasteiger partial charge in [0.05, 0.1) is 11.4 Å². The molecule has 0 atom stereocenters. The van der Waals surface area contributed by atoms with Crippen LogP contribution in [0.2, 0.25) is 5.02 Å². The number of carbonyl (C=O) groups is 1. The minimum absolute atomic E-state index is 0.0178. The monoisotopic (exact) mass is 345 g/mol. The number of aryl methyl sites for hydroxylation is 1. The third kappa shape index (κ3) is 4.42. The number of benzene rings is 2. The Labute approximate surface area is 146 Å². The Kier molecular flexibility index (Phi) is 5.59. The molecule has 0 fully saturated rings. The molecule has 1 N–H and O–H groups in total. The Morgan fingerprint density at radius 2 is 1.88 bits per heavy atom. The van der Waals surface area contributed by atoms with Gasteiger partial charge in [-0.15, -0.1) is 0 Å². The molecule has 1 heterocycles. The van der Waals surface area contributed by atoms with Crippen LogP contribution in [0.4, 0.5) is 0 Å². The lowest BCUT2D eigenvalue weighted by Gasteiger charge is -2.20. The normalized spacial score (nSPS) is 12.7. The van der Waals surface area contributed by atoms with Gasteiger partial charge in [0.25, 0.3) is 0 Å². The molecular weight excluding hydrogens is 326 g/mol. The van der Waals surface area contributed by atoms with E-state index in [4.69, 9.17) is 21.1 Å². The standard InChI is InChI=1S/C19H20ClNO3/c20-16-11-15(12-17-19(16)24-10-9-23-17)13-18(22)21-8-4-7-14-5-2-1-3-6-14/h1-3,5-6,11-12H,4,7-10,13H2,(H,21,22). The Hall–Kier alpha value is -2.20. The van der Waals surface area contributed by atoms with Crippen LogP contribution in [0.15, 0.2) is 42.5 Å². The lowest BCUT2D eigenvalue weighted by Crippen LogP contribution is -2.26. The van der Waals surface area contributed by atoms with Gasteiger partial charge < -0.3 is 14.8 Å². The minimum Gasteiger partial charge on any atom is -0.486 e. The summed E-state index contributed by atoms with van der Waals surface area (Å²) in [6.45, 7) is 1.65. The molecule has 1 aliphatic rings. The fraction of sp³-hybridized carbons (Fsp3) is 0.316. The molecule has 0 radical (unpaired) electrons. The van der Waals surface area contributed by atoms with Crippen LogP contribution < -0.4 is 14.8 Å². The molecule has 0 saturated heterocycles. The second-order valence-corrected chi connectivity index (χ2v) is 6.12. The maximum absolute atomic E-state index is 12.1. The van der Waals surface area contributed by atoms with Gasteiger partial charge in [-0.1, -0.05) is 41.9 Å². The highest BCUT2D eigenvalue weighted by Gasteiger charge is 2.17. The van der Waals surface area contributed by atoms with E-state index in [-0.39, 0.29) is 12.3 Å². The van der Waals surface area contributed by atoms with Crippen molar-refractivity contribution in [2.75, 3.05) is 19.8 Å². The third-order valence-electron chi connectivity index (χ3n) is 3.83. The van der Waals surface area contributed by atoms with Crippen LogP contribution >= 0.6 is 11.6 Å². The number of nitrogens with one attached hydrogen (secondary N) is 1. The zero-order chi connectivity index (χ0) is 16.8. The Morgan fingerprint density at radius 3 is 2.71 bits per heavy atom. The first-order valence-corrected chi connectivity index (χ1v) is 8.49. The first-order valence-electron chi connectivity index (χ1n) is 8.11. The molecule has 126 valence electrons. The highest BCUT2D eigenvalue weighted by molar-refractivity contribution is 6.32. The molecule has 2 aromatic carbocycles. The number of hydrogen-bond donors (Lipinski definition) is 1. The highest BCUT2D eigenvalue weighted by Crippen LogP contribution is 2.38. The number of hydrogen-bond acceptors (Lipinski definition) is 3. The number of ether oxygens (including phenoxy) is 2. The van der Waals surface area contributed by atoms with Crippen LogP contribution in [-0.4, -0.2) is 25.7 Å². The van der Waals surface area contributed by atoms with Crippen LogP contribution in [0.1, 0.15) is 17.5 Å². The van der Waals surface area contributed by atoms with Crippen molar-refractivity contribution in [3.8, 4) is 11.5 Å². The lowest BCUT2D eigenvalue weighted by atomic mass is 10.1. The van der Waals surface area contributed by atoms with Crippen molar-refractivity contribution in [2.24, 2.45) is 0 Å². The maximum atomic E-state index is 12.1. The average Bonchev–Trinajstić information content (AvgIpc) is 2.60. The molecule has 5 heteroatoms. The number of rotatable bonds is 6. The van der Waals surface area contributed by atoms with Gasteiger partial charge >= 0.3 is 0 Å². The zero-order valence-corrected chi connectivity index (χ0v) is 14.1. The fourth-order valence-electron chi connectivity index (χ4n) is 2.68. The number of fused-ring (bicyclic) bond motifs is 1. The van der Waals surface area contributed by atoms with Crippen LogP contribution in [0.25, 0.3) is 0 Å². The van der Waals surface area contributed by atoms with E-state index in [0.29, 0.717) is 36.3 Å². The molecule has 4 nitrogen and oxygen atoms in total. The molecule has 2 aromatic rings. The van der Waals surface area contributed by atoms with Gasteiger partial charge in [0, 0.05) is 6.54 Å². The van der Waals surface area contributed by atoms with E-state index in [2.05, 4.69) is 17.4 Å². The molecule has 0 aliphatic carbocycles. The number of carbonyl (C=O) groups excluding carboxylic acids is 1. The number of amides is 1. The van der Waals surface area contributed by atoms with Gasteiger partial charge in [-0.05, 0) is 36.1 Å². The summed E-state index contributed by atoms with van der Waals surface area (Å²) in [5, 5.41) is 3.43. The van der Waals surface area contributed by atoms with E-state index in [1.165, 1.54) is 5.56 Å². The van der Waals surface area contributed by atoms with Crippen LogP contribution in [0.3, 0.4) is 0 Å². The molecule has 24 heavy (non-hydrogen) atoms. The Bertz CT molecular complexity index is 703. The summed E-state index contributed by atoms with van der Waals surface area (Å²) < 4.78 is 11.0. The quantitative estimate of drug-likeness (QED) is 0.816. The highest BCUT2D eigenvalue weighted by atomic mass is 35.5. The largest absolute Gasteiger partial charge is 0.486 e. The summed E-state index contributed by atoms with van der Waals surface area (Å²) >= 11 is 6.19. The summed E-state index contributed by atoms with van der Waals surface area (Å²) in [6, 6.07) is 13.8. The molecule has 1 amide bonds. The van der Waals surface area contributed by atoms with Gasteiger partial charge in [-0.2, -0.15) is 0 Å². The molecule has 3 rings (SSSR count). The summed E-state index contributed by atoms with van der Waals surface area (Å²) in [4.78, 5) is 12.1. The average molecular weight is 346 g/mol. The van der Waals surface area contributed by atoms with E-state index in [1.807, 2.05) is 24.3 Å². The Balaban J connectivity index is 1.47. The van der Waals surface area contributed by atoms with E-state index < -0.39 is 0 Å². The van der Waals surface area contributed by atoms with Gasteiger partial charge in [0.15, 0.2) is 11.5 Å². The van der Waals surface area contributed by atoms with Gasteiger partial charge in [0.2, 0.25) is 5.91 Å². The van der Waals surface area contributed by atoms with Crippen molar-refractivity contribution < 1.29 is 14.3 Å². The summed E-state index contributed by atoms with van der Waals surface area (Å²) in [7, 11) is 0. The molecule has 0 spiro atoms. The van der Waals surface area contributed by atoms with Crippen molar-refractivity contribution in [3.63, 3.8) is 0 Å². The topological polar surface area (TPSA) is 47.6 Å². The van der Waals surface area contributed by atoms with E-state index in [1.54, 1.807) is 6.07 Å². The predicted octanol–water partition coefficient (Wildman–Crippen LogP) is 3.40. The van der Waals surface area contributed by atoms with Crippen LogP contribution in [0, 0.1) is 0 Å². The minimum atomic E-state index is -0.0178. The first kappa shape index (κ1) is 16.7. The van der Waals surface area contributed by atoms with Crippen LogP contribution in [-0.2, 0) is 17.6 Å². The molecule has 0 saturated carbocycles. The summed E-state index contributed by atoms with van der Waals surface area (Å²) in [6.07, 6.45) is 2.15. The van der Waals surface area contributed by atoms with E-state index >= 15 is 0 Å².